The Bertz CT molecular complexity index is 1060. The molecule has 0 fully saturated rings. The number of fused-ring (bicyclic) bond motifs is 1. The molecule has 2 amide bonds. The third-order valence-corrected chi connectivity index (χ3v) is 4.87. The maximum Gasteiger partial charge on any atom is 0.261 e. The molecule has 6 nitrogen and oxygen atoms in total. The van der Waals surface area contributed by atoms with E-state index in [2.05, 4.69) is 0 Å². The van der Waals surface area contributed by atoms with E-state index in [1.165, 1.54) is 0 Å². The van der Waals surface area contributed by atoms with Gasteiger partial charge in [-0.05, 0) is 36.4 Å². The quantitative estimate of drug-likeness (QED) is 0.486. The summed E-state index contributed by atoms with van der Waals surface area (Å²) < 4.78 is 5.56. The van der Waals surface area contributed by atoms with Crippen molar-refractivity contribution in [3.8, 4) is 5.75 Å². The average molecular weight is 401 g/mol. The molecule has 0 bridgehead atoms. The summed E-state index contributed by atoms with van der Waals surface area (Å²) in [4.78, 5) is 38.2. The molecule has 1 heterocycles. The summed E-state index contributed by atoms with van der Waals surface area (Å²) in [7, 11) is 0. The van der Waals surface area contributed by atoms with Crippen molar-refractivity contribution in [2.24, 2.45) is 0 Å². The van der Waals surface area contributed by atoms with Gasteiger partial charge < -0.3 is 9.84 Å². The first-order chi connectivity index (χ1) is 14.5. The lowest BCUT2D eigenvalue weighted by molar-refractivity contribution is 0.0457. The molecule has 30 heavy (non-hydrogen) atoms. The average Bonchev–Trinajstić information content (AvgIpc) is 3.03. The maximum absolute atomic E-state index is 12.4. The summed E-state index contributed by atoms with van der Waals surface area (Å²) >= 11 is 0. The minimum Gasteiger partial charge on any atom is -0.491 e. The highest BCUT2D eigenvalue weighted by Gasteiger charge is 2.36. The molecule has 0 radical (unpaired) electrons. The van der Waals surface area contributed by atoms with Crippen LogP contribution in [-0.4, -0.2) is 46.9 Å². The molecular weight excluding hydrogens is 382 g/mol. The SMILES string of the molecule is O=C(c1ccccc1)c1ccc(OC[C@H](O)CN2C(=O)c3ccccc3C2=O)cc1. The predicted octanol–water partition coefficient (Wildman–Crippen LogP) is 2.95. The summed E-state index contributed by atoms with van der Waals surface area (Å²) in [5.41, 5.74) is 1.81. The molecule has 0 saturated carbocycles. The van der Waals surface area contributed by atoms with Gasteiger partial charge in [-0.1, -0.05) is 42.5 Å². The number of nitrogens with zero attached hydrogens (tertiary/aromatic N) is 1. The molecule has 0 aliphatic carbocycles. The van der Waals surface area contributed by atoms with E-state index >= 15 is 0 Å². The zero-order valence-electron chi connectivity index (χ0n) is 16.0. The number of hydrogen-bond acceptors (Lipinski definition) is 5. The summed E-state index contributed by atoms with van der Waals surface area (Å²) in [5, 5.41) is 10.3. The van der Waals surface area contributed by atoms with Gasteiger partial charge in [-0.3, -0.25) is 19.3 Å². The van der Waals surface area contributed by atoms with Crippen LogP contribution in [0.4, 0.5) is 0 Å². The van der Waals surface area contributed by atoms with E-state index in [1.807, 2.05) is 6.07 Å². The van der Waals surface area contributed by atoms with Crippen LogP contribution in [0.15, 0.2) is 78.9 Å². The van der Waals surface area contributed by atoms with E-state index in [-0.39, 0.29) is 18.9 Å². The molecule has 0 spiro atoms. The number of carbonyl (C=O) groups is 3. The first-order valence-electron chi connectivity index (χ1n) is 9.50. The van der Waals surface area contributed by atoms with Crippen molar-refractivity contribution >= 4 is 17.6 Å². The minimum atomic E-state index is -1.04. The lowest BCUT2D eigenvalue weighted by Gasteiger charge is -2.19. The van der Waals surface area contributed by atoms with Crippen LogP contribution < -0.4 is 4.74 Å². The fourth-order valence-electron chi connectivity index (χ4n) is 3.32. The molecule has 1 atom stereocenters. The Morgan fingerprint density at radius 3 is 1.93 bits per heavy atom. The number of hydrogen-bond donors (Lipinski definition) is 1. The fraction of sp³-hybridized carbons (Fsp3) is 0.125. The van der Waals surface area contributed by atoms with E-state index in [0.29, 0.717) is 28.0 Å². The van der Waals surface area contributed by atoms with E-state index < -0.39 is 17.9 Å². The largest absolute Gasteiger partial charge is 0.491 e. The molecule has 3 aromatic carbocycles. The predicted molar refractivity (Wildman–Crippen MR) is 110 cm³/mol. The van der Waals surface area contributed by atoms with Gasteiger partial charge in [0.15, 0.2) is 5.78 Å². The van der Waals surface area contributed by atoms with Crippen molar-refractivity contribution < 1.29 is 24.2 Å². The number of imide groups is 1. The van der Waals surface area contributed by atoms with Crippen molar-refractivity contribution in [2.45, 2.75) is 6.10 Å². The Balaban J connectivity index is 1.33. The Labute approximate surface area is 173 Å². The van der Waals surface area contributed by atoms with Crippen LogP contribution in [0.2, 0.25) is 0 Å². The van der Waals surface area contributed by atoms with Gasteiger partial charge >= 0.3 is 0 Å². The highest BCUT2D eigenvalue weighted by molar-refractivity contribution is 6.21. The van der Waals surface area contributed by atoms with Crippen LogP contribution in [0.25, 0.3) is 0 Å². The molecule has 6 heteroatoms. The Kier molecular flexibility index (Phi) is 5.41. The fourth-order valence-corrected chi connectivity index (χ4v) is 3.32. The lowest BCUT2D eigenvalue weighted by atomic mass is 10.0. The van der Waals surface area contributed by atoms with Gasteiger partial charge in [0, 0.05) is 11.1 Å². The van der Waals surface area contributed by atoms with E-state index in [1.54, 1.807) is 72.8 Å². The third kappa shape index (κ3) is 3.86. The topological polar surface area (TPSA) is 83.9 Å². The van der Waals surface area contributed by atoms with Gasteiger partial charge in [0.25, 0.3) is 11.8 Å². The number of aliphatic hydroxyl groups is 1. The Morgan fingerprint density at radius 1 is 0.800 bits per heavy atom. The van der Waals surface area contributed by atoms with Gasteiger partial charge in [0.1, 0.15) is 18.5 Å². The molecule has 3 aromatic rings. The van der Waals surface area contributed by atoms with Crippen molar-refractivity contribution in [3.63, 3.8) is 0 Å². The number of aliphatic hydroxyl groups excluding tert-OH is 1. The second-order valence-corrected chi connectivity index (χ2v) is 6.95. The number of rotatable bonds is 7. The van der Waals surface area contributed by atoms with Crippen molar-refractivity contribution in [1.82, 2.24) is 4.90 Å². The van der Waals surface area contributed by atoms with Crippen LogP contribution in [0, 0.1) is 0 Å². The molecular formula is C24H19NO5. The second-order valence-electron chi connectivity index (χ2n) is 6.95. The number of amides is 2. The maximum atomic E-state index is 12.4. The van der Waals surface area contributed by atoms with Crippen molar-refractivity contribution in [2.75, 3.05) is 13.2 Å². The van der Waals surface area contributed by atoms with Crippen LogP contribution in [0.5, 0.6) is 5.75 Å². The van der Waals surface area contributed by atoms with E-state index in [9.17, 15) is 19.5 Å². The summed E-state index contributed by atoms with van der Waals surface area (Å²) in [5.74, 6) is -0.453. The first-order valence-corrected chi connectivity index (χ1v) is 9.50. The highest BCUT2D eigenvalue weighted by Crippen LogP contribution is 2.22. The molecule has 1 N–H and O–H groups in total. The minimum absolute atomic E-state index is 0.0900. The summed E-state index contributed by atoms with van der Waals surface area (Å²) in [6.07, 6.45) is -1.04. The van der Waals surface area contributed by atoms with Gasteiger partial charge in [0.05, 0.1) is 17.7 Å². The van der Waals surface area contributed by atoms with E-state index in [0.717, 1.165) is 4.90 Å². The number of ketones is 1. The van der Waals surface area contributed by atoms with Crippen LogP contribution in [0.1, 0.15) is 36.6 Å². The number of benzene rings is 3. The monoisotopic (exact) mass is 401 g/mol. The zero-order valence-corrected chi connectivity index (χ0v) is 16.0. The Hall–Kier alpha value is -3.77. The summed E-state index contributed by atoms with van der Waals surface area (Å²) in [6.45, 7) is -0.254. The molecule has 0 aromatic heterocycles. The van der Waals surface area contributed by atoms with Gasteiger partial charge in [-0.15, -0.1) is 0 Å². The van der Waals surface area contributed by atoms with Gasteiger partial charge in [-0.25, -0.2) is 0 Å². The van der Waals surface area contributed by atoms with Gasteiger partial charge in [0.2, 0.25) is 0 Å². The second kappa shape index (κ2) is 8.31. The lowest BCUT2D eigenvalue weighted by Crippen LogP contribution is -2.39. The van der Waals surface area contributed by atoms with Crippen LogP contribution in [0.3, 0.4) is 0 Å². The summed E-state index contributed by atoms with van der Waals surface area (Å²) in [6, 6.07) is 22.1. The standard InChI is InChI=1S/C24H19NO5/c26-18(14-25-23(28)20-8-4-5-9-21(20)24(25)29)15-30-19-12-10-17(11-13-19)22(27)16-6-2-1-3-7-16/h1-13,18,26H,14-15H2/t18-/m1/s1. The zero-order chi connectivity index (χ0) is 21.1. The molecule has 0 saturated heterocycles. The van der Waals surface area contributed by atoms with Crippen LogP contribution in [-0.2, 0) is 0 Å². The molecule has 1 aliphatic heterocycles. The Morgan fingerprint density at radius 2 is 1.33 bits per heavy atom. The highest BCUT2D eigenvalue weighted by atomic mass is 16.5. The third-order valence-electron chi connectivity index (χ3n) is 4.87. The van der Waals surface area contributed by atoms with E-state index in [4.69, 9.17) is 4.74 Å². The number of ether oxygens (including phenoxy) is 1. The number of carbonyl (C=O) groups excluding carboxylic acids is 3. The number of β-amino-alcohol motifs (C(OH)–C–C–N with tert-alkyl or cyclic N) is 1. The molecule has 150 valence electrons. The molecule has 0 unspecified atom stereocenters. The van der Waals surface area contributed by atoms with Crippen LogP contribution >= 0.6 is 0 Å². The van der Waals surface area contributed by atoms with Crippen molar-refractivity contribution in [1.29, 1.82) is 0 Å². The van der Waals surface area contributed by atoms with Gasteiger partial charge in [-0.2, -0.15) is 0 Å². The molecule has 1 aliphatic rings. The normalized spacial score (nSPS) is 13.8. The molecule has 4 rings (SSSR count). The van der Waals surface area contributed by atoms with Crippen molar-refractivity contribution in [3.05, 3.63) is 101 Å². The first kappa shape index (κ1) is 19.5. The smallest absolute Gasteiger partial charge is 0.261 e.